The minimum Gasteiger partial charge on any atom is -0.457 e. The van der Waals surface area contributed by atoms with Gasteiger partial charge in [0.2, 0.25) is 0 Å². The second-order valence-electron chi connectivity index (χ2n) is 5.26. The van der Waals surface area contributed by atoms with Crippen LogP contribution in [-0.4, -0.2) is 5.97 Å². The Labute approximate surface area is 144 Å². The summed E-state index contributed by atoms with van der Waals surface area (Å²) >= 11 is 5.85. The molecule has 0 saturated heterocycles. The Morgan fingerprint density at radius 1 is 0.917 bits per heavy atom. The molecule has 0 aliphatic rings. The molecule has 0 unspecified atom stereocenters. The zero-order chi connectivity index (χ0) is 16.9. The molecular formula is C20H14ClFO2. The van der Waals surface area contributed by atoms with Crippen molar-refractivity contribution in [2.24, 2.45) is 0 Å². The van der Waals surface area contributed by atoms with Gasteiger partial charge in [-0.2, -0.15) is 0 Å². The predicted molar refractivity (Wildman–Crippen MR) is 92.4 cm³/mol. The second kappa shape index (κ2) is 7.28. The third-order valence-electron chi connectivity index (χ3n) is 3.58. The Balaban J connectivity index is 1.65. The van der Waals surface area contributed by atoms with Crippen LogP contribution in [0.2, 0.25) is 5.02 Å². The van der Waals surface area contributed by atoms with E-state index in [1.807, 2.05) is 54.6 Å². The summed E-state index contributed by atoms with van der Waals surface area (Å²) in [5.41, 5.74) is 3.23. The van der Waals surface area contributed by atoms with Crippen molar-refractivity contribution >= 4 is 17.6 Å². The molecule has 120 valence electrons. The first-order valence-electron chi connectivity index (χ1n) is 7.40. The van der Waals surface area contributed by atoms with E-state index < -0.39 is 11.8 Å². The fraction of sp³-hybridized carbons (Fsp3) is 0.0500. The number of hydrogen-bond donors (Lipinski definition) is 0. The Kier molecular flexibility index (Phi) is 4.92. The third-order valence-corrected chi connectivity index (χ3v) is 3.89. The molecule has 0 aliphatic heterocycles. The quantitative estimate of drug-likeness (QED) is 0.586. The SMILES string of the molecule is O=C(OCc1ccc(-c2ccccc2)cc1)c1ccc(F)cc1Cl. The van der Waals surface area contributed by atoms with Gasteiger partial charge in [-0.05, 0) is 34.9 Å². The Morgan fingerprint density at radius 2 is 1.58 bits per heavy atom. The molecule has 0 N–H and O–H groups in total. The Hall–Kier alpha value is -2.65. The monoisotopic (exact) mass is 340 g/mol. The van der Waals surface area contributed by atoms with Gasteiger partial charge in [0.1, 0.15) is 12.4 Å². The van der Waals surface area contributed by atoms with Crippen LogP contribution in [0.4, 0.5) is 4.39 Å². The highest BCUT2D eigenvalue weighted by Gasteiger charge is 2.12. The highest BCUT2D eigenvalue weighted by atomic mass is 35.5. The molecule has 0 spiro atoms. The topological polar surface area (TPSA) is 26.3 Å². The summed E-state index contributed by atoms with van der Waals surface area (Å²) in [6.45, 7) is 0.127. The highest BCUT2D eigenvalue weighted by Crippen LogP contribution is 2.21. The normalized spacial score (nSPS) is 10.4. The van der Waals surface area contributed by atoms with Crippen molar-refractivity contribution in [1.82, 2.24) is 0 Å². The summed E-state index contributed by atoms with van der Waals surface area (Å²) in [4.78, 5) is 12.0. The minimum absolute atomic E-state index is 0.0411. The first kappa shape index (κ1) is 16.2. The fourth-order valence-electron chi connectivity index (χ4n) is 2.31. The van der Waals surface area contributed by atoms with E-state index in [2.05, 4.69) is 0 Å². The second-order valence-corrected chi connectivity index (χ2v) is 5.67. The first-order valence-corrected chi connectivity index (χ1v) is 7.78. The molecule has 4 heteroatoms. The van der Waals surface area contributed by atoms with E-state index in [0.717, 1.165) is 22.8 Å². The fourth-order valence-corrected chi connectivity index (χ4v) is 2.55. The van der Waals surface area contributed by atoms with Crippen molar-refractivity contribution in [2.45, 2.75) is 6.61 Å². The number of esters is 1. The lowest BCUT2D eigenvalue weighted by Crippen LogP contribution is -2.06. The van der Waals surface area contributed by atoms with Gasteiger partial charge in [0.05, 0.1) is 10.6 Å². The molecule has 0 aromatic heterocycles. The molecule has 0 heterocycles. The van der Waals surface area contributed by atoms with Crippen LogP contribution in [0, 0.1) is 5.82 Å². The van der Waals surface area contributed by atoms with Gasteiger partial charge < -0.3 is 4.74 Å². The average Bonchev–Trinajstić information content (AvgIpc) is 2.61. The van der Waals surface area contributed by atoms with E-state index in [1.54, 1.807) is 0 Å². The zero-order valence-corrected chi connectivity index (χ0v) is 13.5. The summed E-state index contributed by atoms with van der Waals surface area (Å²) in [6.07, 6.45) is 0. The molecule has 0 aliphatic carbocycles. The highest BCUT2D eigenvalue weighted by molar-refractivity contribution is 6.33. The van der Waals surface area contributed by atoms with Gasteiger partial charge in [0.15, 0.2) is 0 Å². The molecule has 0 atom stereocenters. The van der Waals surface area contributed by atoms with Gasteiger partial charge >= 0.3 is 5.97 Å². The van der Waals surface area contributed by atoms with E-state index in [0.29, 0.717) is 0 Å². The maximum atomic E-state index is 13.0. The van der Waals surface area contributed by atoms with Gasteiger partial charge in [0.25, 0.3) is 0 Å². The van der Waals surface area contributed by atoms with Gasteiger partial charge in [-0.3, -0.25) is 0 Å². The molecule has 3 aromatic rings. The van der Waals surface area contributed by atoms with Crippen molar-refractivity contribution < 1.29 is 13.9 Å². The van der Waals surface area contributed by atoms with Crippen LogP contribution in [0.25, 0.3) is 11.1 Å². The number of carbonyl (C=O) groups is 1. The first-order chi connectivity index (χ1) is 11.6. The number of hydrogen-bond acceptors (Lipinski definition) is 2. The van der Waals surface area contributed by atoms with Crippen LogP contribution in [0.1, 0.15) is 15.9 Å². The van der Waals surface area contributed by atoms with Crippen molar-refractivity contribution in [3.05, 3.63) is 94.8 Å². The van der Waals surface area contributed by atoms with Gasteiger partial charge in [-0.15, -0.1) is 0 Å². The molecular weight excluding hydrogens is 327 g/mol. The van der Waals surface area contributed by atoms with Crippen LogP contribution in [0.3, 0.4) is 0 Å². The minimum atomic E-state index is -0.577. The predicted octanol–water partition coefficient (Wildman–Crippen LogP) is 5.50. The van der Waals surface area contributed by atoms with Crippen LogP contribution in [0.5, 0.6) is 0 Å². The van der Waals surface area contributed by atoms with Gasteiger partial charge in [-0.25, -0.2) is 9.18 Å². The van der Waals surface area contributed by atoms with Crippen molar-refractivity contribution in [3.8, 4) is 11.1 Å². The number of benzene rings is 3. The largest absolute Gasteiger partial charge is 0.457 e. The summed E-state index contributed by atoms with van der Waals surface area (Å²) in [6, 6.07) is 21.4. The molecule has 0 amide bonds. The number of rotatable bonds is 4. The average molecular weight is 341 g/mol. The van der Waals surface area contributed by atoms with Crippen LogP contribution < -0.4 is 0 Å². The maximum Gasteiger partial charge on any atom is 0.339 e. The lowest BCUT2D eigenvalue weighted by atomic mass is 10.0. The number of ether oxygens (including phenoxy) is 1. The van der Waals surface area contributed by atoms with Crippen LogP contribution >= 0.6 is 11.6 Å². The van der Waals surface area contributed by atoms with Gasteiger partial charge in [-0.1, -0.05) is 66.2 Å². The third kappa shape index (κ3) is 3.81. The van der Waals surface area contributed by atoms with Gasteiger partial charge in [0, 0.05) is 0 Å². The summed E-state index contributed by atoms with van der Waals surface area (Å²) in [5, 5.41) is 0.0411. The lowest BCUT2D eigenvalue weighted by molar-refractivity contribution is 0.0473. The summed E-state index contributed by atoms with van der Waals surface area (Å²) in [7, 11) is 0. The van der Waals surface area contributed by atoms with Crippen molar-refractivity contribution in [1.29, 1.82) is 0 Å². The molecule has 0 saturated carbocycles. The Bertz CT molecular complexity index is 845. The van der Waals surface area contributed by atoms with Crippen molar-refractivity contribution in [3.63, 3.8) is 0 Å². The molecule has 3 rings (SSSR count). The molecule has 3 aromatic carbocycles. The molecule has 0 bridgehead atoms. The smallest absolute Gasteiger partial charge is 0.339 e. The molecule has 0 radical (unpaired) electrons. The summed E-state index contributed by atoms with van der Waals surface area (Å²) < 4.78 is 18.2. The lowest BCUT2D eigenvalue weighted by Gasteiger charge is -2.07. The summed E-state index contributed by atoms with van der Waals surface area (Å²) in [5.74, 6) is -1.07. The molecule has 2 nitrogen and oxygen atoms in total. The van der Waals surface area contributed by atoms with Crippen LogP contribution in [-0.2, 0) is 11.3 Å². The number of halogens is 2. The van der Waals surface area contributed by atoms with E-state index in [4.69, 9.17) is 16.3 Å². The zero-order valence-electron chi connectivity index (χ0n) is 12.7. The van der Waals surface area contributed by atoms with E-state index in [-0.39, 0.29) is 17.2 Å². The Morgan fingerprint density at radius 3 is 2.25 bits per heavy atom. The van der Waals surface area contributed by atoms with E-state index >= 15 is 0 Å². The van der Waals surface area contributed by atoms with Crippen molar-refractivity contribution in [2.75, 3.05) is 0 Å². The number of carbonyl (C=O) groups excluding carboxylic acids is 1. The van der Waals surface area contributed by atoms with E-state index in [9.17, 15) is 9.18 Å². The molecule has 0 fully saturated rings. The molecule has 24 heavy (non-hydrogen) atoms. The maximum absolute atomic E-state index is 13.0. The van der Waals surface area contributed by atoms with E-state index in [1.165, 1.54) is 12.1 Å². The van der Waals surface area contributed by atoms with Crippen LogP contribution in [0.15, 0.2) is 72.8 Å². The standard InChI is InChI=1S/C20H14ClFO2/c21-19-12-17(22)10-11-18(19)20(23)24-13-14-6-8-16(9-7-14)15-4-2-1-3-5-15/h1-12H,13H2.